The molecule has 0 unspecified atom stereocenters. The average molecular weight is 216 g/mol. The summed E-state index contributed by atoms with van der Waals surface area (Å²) in [5.41, 5.74) is 2.12. The van der Waals surface area contributed by atoms with Crippen molar-refractivity contribution in [1.29, 1.82) is 0 Å². The summed E-state index contributed by atoms with van der Waals surface area (Å²) < 4.78 is 2.08. The lowest BCUT2D eigenvalue weighted by atomic mass is 9.85. The van der Waals surface area contributed by atoms with Crippen LogP contribution in [-0.2, 0) is 6.54 Å². The summed E-state index contributed by atoms with van der Waals surface area (Å²) in [4.78, 5) is 8.36. The fraction of sp³-hybridized carbons (Fsp3) is 0.500. The maximum Gasteiger partial charge on any atom is 0.155 e. The van der Waals surface area contributed by atoms with E-state index in [0.29, 0.717) is 0 Å². The molecule has 1 aliphatic rings. The van der Waals surface area contributed by atoms with E-state index in [0.717, 1.165) is 24.7 Å². The Kier molecular flexibility index (Phi) is 2.58. The number of aromatic nitrogens is 3. The van der Waals surface area contributed by atoms with Gasteiger partial charge in [0.2, 0.25) is 0 Å². The fourth-order valence-corrected chi connectivity index (χ4v) is 2.13. The topological polar surface area (TPSA) is 42.2 Å². The fourth-order valence-electron chi connectivity index (χ4n) is 2.13. The summed E-state index contributed by atoms with van der Waals surface area (Å²) >= 11 is 0. The molecule has 3 rings (SSSR count). The first-order valence-corrected chi connectivity index (χ1v) is 5.90. The predicted molar refractivity (Wildman–Crippen MR) is 62.0 cm³/mol. The Morgan fingerprint density at radius 2 is 2.31 bits per heavy atom. The highest BCUT2D eigenvalue weighted by Crippen LogP contribution is 2.25. The first-order valence-electron chi connectivity index (χ1n) is 5.90. The molecule has 1 fully saturated rings. The zero-order valence-corrected chi connectivity index (χ0v) is 9.26. The van der Waals surface area contributed by atoms with Crippen molar-refractivity contribution < 1.29 is 0 Å². The smallest absolute Gasteiger partial charge is 0.155 e. The van der Waals surface area contributed by atoms with E-state index in [4.69, 9.17) is 0 Å². The Balaban J connectivity index is 1.64. The molecule has 0 atom stereocenters. The van der Waals surface area contributed by atoms with Crippen molar-refractivity contribution in [3.63, 3.8) is 0 Å². The van der Waals surface area contributed by atoms with Crippen molar-refractivity contribution in [2.24, 2.45) is 5.92 Å². The van der Waals surface area contributed by atoms with Gasteiger partial charge in [0.1, 0.15) is 0 Å². The van der Waals surface area contributed by atoms with Gasteiger partial charge < -0.3 is 5.32 Å². The van der Waals surface area contributed by atoms with E-state index in [-0.39, 0.29) is 0 Å². The molecule has 16 heavy (non-hydrogen) atoms. The largest absolute Gasteiger partial charge is 0.311 e. The van der Waals surface area contributed by atoms with E-state index < -0.39 is 0 Å². The number of hydrogen-bond donors (Lipinski definition) is 1. The molecular formula is C12H16N4. The van der Waals surface area contributed by atoms with Crippen LogP contribution in [0.1, 0.15) is 25.0 Å². The lowest BCUT2D eigenvalue weighted by Gasteiger charge is -2.25. The molecular weight excluding hydrogens is 200 g/mol. The van der Waals surface area contributed by atoms with Gasteiger partial charge in [-0.25, -0.2) is 4.98 Å². The van der Waals surface area contributed by atoms with Crippen LogP contribution in [-0.4, -0.2) is 20.9 Å². The van der Waals surface area contributed by atoms with Crippen molar-refractivity contribution in [2.45, 2.75) is 25.8 Å². The van der Waals surface area contributed by atoms with Crippen LogP contribution in [0.4, 0.5) is 0 Å². The molecule has 0 spiro atoms. The standard InChI is InChI=1S/C12H16N4/c1-2-10(3-1)6-14-7-11-8-15-12-9-13-4-5-16(11)12/h4-5,8-10,14H,1-3,6-7H2. The van der Waals surface area contributed by atoms with Crippen molar-refractivity contribution in [3.05, 3.63) is 30.5 Å². The molecule has 1 saturated carbocycles. The third-order valence-electron chi connectivity index (χ3n) is 3.36. The normalized spacial score (nSPS) is 16.5. The van der Waals surface area contributed by atoms with Gasteiger partial charge in [-0.3, -0.25) is 9.38 Å². The Morgan fingerprint density at radius 3 is 3.12 bits per heavy atom. The molecule has 0 saturated heterocycles. The second kappa shape index (κ2) is 4.22. The van der Waals surface area contributed by atoms with Gasteiger partial charge in [-0.2, -0.15) is 0 Å². The zero-order chi connectivity index (χ0) is 10.8. The molecule has 0 radical (unpaired) electrons. The quantitative estimate of drug-likeness (QED) is 0.844. The number of fused-ring (bicyclic) bond motifs is 1. The summed E-state index contributed by atoms with van der Waals surface area (Å²) in [6, 6.07) is 0. The van der Waals surface area contributed by atoms with Crippen LogP contribution >= 0.6 is 0 Å². The van der Waals surface area contributed by atoms with Crippen LogP contribution in [0, 0.1) is 5.92 Å². The molecule has 1 aliphatic carbocycles. The molecule has 0 bridgehead atoms. The number of nitrogens with one attached hydrogen (secondary N) is 1. The van der Waals surface area contributed by atoms with E-state index in [9.17, 15) is 0 Å². The molecule has 84 valence electrons. The van der Waals surface area contributed by atoms with Crippen LogP contribution in [0.25, 0.3) is 5.65 Å². The first kappa shape index (κ1) is 9.78. The molecule has 4 nitrogen and oxygen atoms in total. The van der Waals surface area contributed by atoms with Gasteiger partial charge in [0.15, 0.2) is 5.65 Å². The van der Waals surface area contributed by atoms with Crippen molar-refractivity contribution in [2.75, 3.05) is 6.54 Å². The molecule has 4 heteroatoms. The number of rotatable bonds is 4. The highest BCUT2D eigenvalue weighted by Gasteiger charge is 2.16. The maximum atomic E-state index is 4.31. The molecule has 0 amide bonds. The van der Waals surface area contributed by atoms with Gasteiger partial charge in [-0.1, -0.05) is 6.42 Å². The Hall–Kier alpha value is -1.42. The van der Waals surface area contributed by atoms with Crippen LogP contribution in [0.2, 0.25) is 0 Å². The molecule has 2 aromatic heterocycles. The third kappa shape index (κ3) is 1.80. The van der Waals surface area contributed by atoms with Crippen molar-refractivity contribution in [1.82, 2.24) is 19.7 Å². The second-order valence-electron chi connectivity index (χ2n) is 4.48. The molecule has 0 aliphatic heterocycles. The summed E-state index contributed by atoms with van der Waals surface area (Å²) in [7, 11) is 0. The van der Waals surface area contributed by atoms with E-state index >= 15 is 0 Å². The Labute approximate surface area is 94.7 Å². The van der Waals surface area contributed by atoms with Crippen LogP contribution in [0.3, 0.4) is 0 Å². The van der Waals surface area contributed by atoms with E-state index in [1.165, 1.54) is 25.0 Å². The average Bonchev–Trinajstić information content (AvgIpc) is 2.65. The van der Waals surface area contributed by atoms with Gasteiger partial charge in [0.25, 0.3) is 0 Å². The molecule has 2 aromatic rings. The number of hydrogen-bond acceptors (Lipinski definition) is 3. The molecule has 0 aromatic carbocycles. The predicted octanol–water partition coefficient (Wildman–Crippen LogP) is 1.62. The first-order chi connectivity index (χ1) is 7.93. The summed E-state index contributed by atoms with van der Waals surface area (Å²) in [5.74, 6) is 0.904. The van der Waals surface area contributed by atoms with E-state index in [1.54, 1.807) is 12.4 Å². The monoisotopic (exact) mass is 216 g/mol. The van der Waals surface area contributed by atoms with Crippen LogP contribution in [0.5, 0.6) is 0 Å². The van der Waals surface area contributed by atoms with Crippen LogP contribution in [0.15, 0.2) is 24.8 Å². The SMILES string of the molecule is c1cn2c(CNCC3CCC3)cnc2cn1. The minimum Gasteiger partial charge on any atom is -0.311 e. The van der Waals surface area contributed by atoms with Gasteiger partial charge >= 0.3 is 0 Å². The van der Waals surface area contributed by atoms with Gasteiger partial charge in [-0.15, -0.1) is 0 Å². The van der Waals surface area contributed by atoms with Gasteiger partial charge in [0.05, 0.1) is 18.1 Å². The molecule has 2 heterocycles. The third-order valence-corrected chi connectivity index (χ3v) is 3.36. The highest BCUT2D eigenvalue weighted by molar-refractivity contribution is 5.36. The second-order valence-corrected chi connectivity index (χ2v) is 4.48. The minimum atomic E-state index is 0.891. The van der Waals surface area contributed by atoms with Gasteiger partial charge in [-0.05, 0) is 25.3 Å². The van der Waals surface area contributed by atoms with Gasteiger partial charge in [0, 0.05) is 18.9 Å². The highest BCUT2D eigenvalue weighted by atomic mass is 15.0. The lowest BCUT2D eigenvalue weighted by Crippen LogP contribution is -2.27. The summed E-state index contributed by atoms with van der Waals surface area (Å²) in [5, 5.41) is 3.50. The van der Waals surface area contributed by atoms with E-state index in [2.05, 4.69) is 19.7 Å². The van der Waals surface area contributed by atoms with Crippen molar-refractivity contribution >= 4 is 5.65 Å². The maximum absolute atomic E-state index is 4.31. The van der Waals surface area contributed by atoms with E-state index in [1.807, 2.05) is 12.4 Å². The Morgan fingerprint density at radius 1 is 1.38 bits per heavy atom. The zero-order valence-electron chi connectivity index (χ0n) is 9.26. The summed E-state index contributed by atoms with van der Waals surface area (Å²) in [6.07, 6.45) is 11.7. The number of imidazole rings is 1. The number of nitrogens with zero attached hydrogens (tertiary/aromatic N) is 3. The summed E-state index contributed by atoms with van der Waals surface area (Å²) in [6.45, 7) is 2.03. The lowest BCUT2D eigenvalue weighted by molar-refractivity contribution is 0.301. The minimum absolute atomic E-state index is 0.891. The van der Waals surface area contributed by atoms with Crippen molar-refractivity contribution in [3.8, 4) is 0 Å². The Bertz CT molecular complexity index is 473. The van der Waals surface area contributed by atoms with Crippen LogP contribution < -0.4 is 5.32 Å². The molecule has 1 N–H and O–H groups in total.